The summed E-state index contributed by atoms with van der Waals surface area (Å²) in [7, 11) is -4.62. The van der Waals surface area contributed by atoms with Crippen molar-refractivity contribution >= 4 is 27.1 Å². The molecule has 0 bridgehead atoms. The van der Waals surface area contributed by atoms with Crippen LogP contribution in [0.3, 0.4) is 0 Å². The highest BCUT2D eigenvalue weighted by Gasteiger charge is 2.30. The van der Waals surface area contributed by atoms with Crippen molar-refractivity contribution in [1.82, 2.24) is 0 Å². The molecule has 3 nitrogen and oxygen atoms in total. The predicted octanol–water partition coefficient (Wildman–Crippen LogP) is 3.50. The highest BCUT2D eigenvalue weighted by molar-refractivity contribution is 7.91. The number of halogens is 3. The number of benzene rings is 1. The molecule has 0 aromatic heterocycles. The molecule has 0 spiro atoms. The van der Waals surface area contributed by atoms with Crippen LogP contribution in [0.2, 0.25) is 0 Å². The van der Waals surface area contributed by atoms with E-state index in [1.165, 1.54) is 18.2 Å². The van der Waals surface area contributed by atoms with Crippen molar-refractivity contribution in [1.29, 1.82) is 0 Å². The van der Waals surface area contributed by atoms with E-state index in [4.69, 9.17) is 11.6 Å². The van der Waals surface area contributed by atoms with E-state index in [2.05, 4.69) is 5.32 Å². The fraction of sp³-hybridized carbons (Fsp3) is 0.500. The zero-order valence-corrected chi connectivity index (χ0v) is 12.2. The number of nitrogens with one attached hydrogen (secondary N) is 1. The summed E-state index contributed by atoms with van der Waals surface area (Å²) >= 11 is 5.65. The Labute approximate surface area is 116 Å². The maximum Gasteiger partial charge on any atom is 0.341 e. The number of hydrogen-bond donors (Lipinski definition) is 1. The second kappa shape index (κ2) is 6.05. The normalized spacial score (nSPS) is 12.7. The molecule has 7 heteroatoms. The van der Waals surface area contributed by atoms with Crippen LogP contribution in [0.25, 0.3) is 0 Å². The molecule has 0 heterocycles. The minimum absolute atomic E-state index is 0.165. The molecule has 1 aromatic carbocycles. The molecule has 0 fully saturated rings. The second-order valence-corrected chi connectivity index (χ2v) is 7.01. The molecule has 1 rings (SSSR count). The van der Waals surface area contributed by atoms with Crippen LogP contribution in [0, 0.1) is 0 Å². The molecule has 0 saturated heterocycles. The van der Waals surface area contributed by atoms with Crippen LogP contribution >= 0.6 is 11.6 Å². The Morgan fingerprint density at radius 3 is 2.42 bits per heavy atom. The van der Waals surface area contributed by atoms with Gasteiger partial charge in [0.15, 0.2) is 0 Å². The van der Waals surface area contributed by atoms with Crippen LogP contribution in [0.5, 0.6) is 0 Å². The smallest absolute Gasteiger partial charge is 0.341 e. The molecule has 108 valence electrons. The summed E-state index contributed by atoms with van der Waals surface area (Å²) in [4.78, 5) is -0.396. The lowest BCUT2D eigenvalue weighted by Gasteiger charge is -2.28. The third kappa shape index (κ3) is 4.04. The van der Waals surface area contributed by atoms with Crippen molar-refractivity contribution in [3.05, 3.63) is 24.3 Å². The first-order chi connectivity index (χ1) is 8.70. The van der Waals surface area contributed by atoms with Gasteiger partial charge in [0.1, 0.15) is 0 Å². The first-order valence-corrected chi connectivity index (χ1v) is 7.74. The van der Waals surface area contributed by atoms with Crippen molar-refractivity contribution in [2.75, 3.05) is 11.2 Å². The highest BCUT2D eigenvalue weighted by atomic mass is 35.5. The molecular weight excluding hydrogens is 296 g/mol. The predicted molar refractivity (Wildman–Crippen MR) is 72.7 cm³/mol. The van der Waals surface area contributed by atoms with Gasteiger partial charge in [0.2, 0.25) is 9.84 Å². The monoisotopic (exact) mass is 311 g/mol. The molecule has 19 heavy (non-hydrogen) atoms. The Bertz CT molecular complexity index is 532. The maximum atomic E-state index is 12.6. The van der Waals surface area contributed by atoms with E-state index in [1.54, 1.807) is 6.07 Å². The quantitative estimate of drug-likeness (QED) is 0.818. The Morgan fingerprint density at radius 2 is 1.89 bits per heavy atom. The van der Waals surface area contributed by atoms with Gasteiger partial charge in [0.05, 0.1) is 10.6 Å². The standard InChI is InChI=1S/C12H16ClF2NO2S/c1-12(2,7-8-13)16-9-5-3-4-6-10(9)19(17,18)11(14)15/h3-6,11,16H,7-8H2,1-2H3. The number of rotatable bonds is 6. The lowest BCUT2D eigenvalue weighted by Crippen LogP contribution is -2.32. The summed E-state index contributed by atoms with van der Waals surface area (Å²) in [6.45, 7) is 3.64. The summed E-state index contributed by atoms with van der Waals surface area (Å²) in [5.74, 6) is -3.06. The first kappa shape index (κ1) is 16.2. The van der Waals surface area contributed by atoms with Gasteiger partial charge >= 0.3 is 5.76 Å². The van der Waals surface area contributed by atoms with Gasteiger partial charge in [-0.2, -0.15) is 8.78 Å². The van der Waals surface area contributed by atoms with E-state index in [9.17, 15) is 17.2 Å². The minimum Gasteiger partial charge on any atom is -0.379 e. The fourth-order valence-corrected chi connectivity index (χ4v) is 2.94. The molecule has 0 unspecified atom stereocenters. The Balaban J connectivity index is 3.18. The summed E-state index contributed by atoms with van der Waals surface area (Å²) in [6.07, 6.45) is 0.567. The average molecular weight is 312 g/mol. The summed E-state index contributed by atoms with van der Waals surface area (Å²) in [5.41, 5.74) is -0.326. The molecule has 0 aliphatic carbocycles. The van der Waals surface area contributed by atoms with Gasteiger partial charge in [-0.25, -0.2) is 8.42 Å². The molecule has 0 amide bonds. The van der Waals surface area contributed by atoms with E-state index in [-0.39, 0.29) is 5.69 Å². The van der Waals surface area contributed by atoms with E-state index in [0.717, 1.165) is 0 Å². The van der Waals surface area contributed by atoms with Crippen molar-refractivity contribution in [2.24, 2.45) is 0 Å². The van der Waals surface area contributed by atoms with Gasteiger partial charge < -0.3 is 5.32 Å². The van der Waals surface area contributed by atoms with E-state index in [0.29, 0.717) is 12.3 Å². The van der Waals surface area contributed by atoms with Gasteiger partial charge in [0.25, 0.3) is 0 Å². The number of sulfone groups is 1. The van der Waals surface area contributed by atoms with Crippen LogP contribution < -0.4 is 5.32 Å². The van der Waals surface area contributed by atoms with Crippen molar-refractivity contribution in [3.63, 3.8) is 0 Å². The van der Waals surface area contributed by atoms with Crippen LogP contribution in [-0.4, -0.2) is 25.6 Å². The lowest BCUT2D eigenvalue weighted by atomic mass is 10.0. The molecule has 0 atom stereocenters. The Kier molecular flexibility index (Phi) is 5.15. The third-order valence-corrected chi connectivity index (χ3v) is 4.25. The number of anilines is 1. The maximum absolute atomic E-state index is 12.6. The van der Waals surface area contributed by atoms with Crippen LogP contribution in [0.4, 0.5) is 14.5 Å². The van der Waals surface area contributed by atoms with E-state index < -0.39 is 26.0 Å². The SMILES string of the molecule is CC(C)(CCCl)Nc1ccccc1S(=O)(=O)C(F)F. The molecular formula is C12H16ClF2NO2S. The number of hydrogen-bond acceptors (Lipinski definition) is 3. The van der Waals surface area contributed by atoms with Gasteiger partial charge in [-0.05, 0) is 32.4 Å². The third-order valence-electron chi connectivity index (χ3n) is 2.62. The highest BCUT2D eigenvalue weighted by Crippen LogP contribution is 2.29. The summed E-state index contributed by atoms with van der Waals surface area (Å²) in [5, 5.41) is 2.95. The summed E-state index contributed by atoms with van der Waals surface area (Å²) in [6, 6.07) is 5.63. The van der Waals surface area contributed by atoms with Crippen LogP contribution in [0.1, 0.15) is 20.3 Å². The Hall–Kier alpha value is -0.880. The van der Waals surface area contributed by atoms with Crippen molar-refractivity contribution in [3.8, 4) is 0 Å². The van der Waals surface area contributed by atoms with E-state index in [1.807, 2.05) is 13.8 Å². The van der Waals surface area contributed by atoms with Crippen LogP contribution in [-0.2, 0) is 9.84 Å². The van der Waals surface area contributed by atoms with Crippen molar-refractivity contribution in [2.45, 2.75) is 36.5 Å². The van der Waals surface area contributed by atoms with Crippen LogP contribution in [0.15, 0.2) is 29.2 Å². The zero-order chi connectivity index (χ0) is 14.7. The molecule has 1 N–H and O–H groups in total. The van der Waals surface area contributed by atoms with E-state index >= 15 is 0 Å². The van der Waals surface area contributed by atoms with Gasteiger partial charge in [-0.1, -0.05) is 12.1 Å². The molecule has 1 aromatic rings. The molecule has 0 radical (unpaired) electrons. The minimum atomic E-state index is -4.62. The fourth-order valence-electron chi connectivity index (χ4n) is 1.58. The largest absolute Gasteiger partial charge is 0.379 e. The van der Waals surface area contributed by atoms with Gasteiger partial charge in [-0.3, -0.25) is 0 Å². The Morgan fingerprint density at radius 1 is 1.32 bits per heavy atom. The van der Waals surface area contributed by atoms with Gasteiger partial charge in [0, 0.05) is 11.4 Å². The van der Waals surface area contributed by atoms with Gasteiger partial charge in [-0.15, -0.1) is 11.6 Å². The molecule has 0 aliphatic rings. The first-order valence-electron chi connectivity index (χ1n) is 5.66. The average Bonchev–Trinajstić information content (AvgIpc) is 2.28. The molecule has 0 saturated carbocycles. The summed E-state index contributed by atoms with van der Waals surface area (Å²) < 4.78 is 48.4. The zero-order valence-electron chi connectivity index (χ0n) is 10.7. The lowest BCUT2D eigenvalue weighted by molar-refractivity contribution is 0.235. The number of para-hydroxylation sites is 1. The second-order valence-electron chi connectivity index (χ2n) is 4.75. The molecule has 0 aliphatic heterocycles. The topological polar surface area (TPSA) is 46.2 Å². The van der Waals surface area contributed by atoms with Crippen molar-refractivity contribution < 1.29 is 17.2 Å². The number of alkyl halides is 3.